The van der Waals surface area contributed by atoms with Gasteiger partial charge in [-0.2, -0.15) is 0 Å². The first-order valence-electron chi connectivity index (χ1n) is 17.8. The Morgan fingerprint density at radius 3 is 1.21 bits per heavy atom. The molecule has 0 aliphatic carbocycles. The number of aryl methyl sites for hydroxylation is 1. The highest BCUT2D eigenvalue weighted by Gasteiger charge is 2.11. The predicted octanol–water partition coefficient (Wildman–Crippen LogP) is 12.3. The molecule has 2 heteroatoms. The third kappa shape index (κ3) is 22.1. The summed E-state index contributed by atoms with van der Waals surface area (Å²) in [5.74, 6) is 0. The smallest absolute Gasteiger partial charge is 0.237 e. The average Bonchev–Trinajstić information content (AvgIpc) is 3.40. The summed E-state index contributed by atoms with van der Waals surface area (Å²) in [5.41, 5.74) is 0. The van der Waals surface area contributed by atoms with E-state index in [1.165, 1.54) is 186 Å². The van der Waals surface area contributed by atoms with Crippen molar-refractivity contribution >= 4 is 0 Å². The van der Waals surface area contributed by atoms with Crippen LogP contribution in [0.4, 0.5) is 0 Å². The first-order valence-corrected chi connectivity index (χ1v) is 17.8. The maximum atomic E-state index is 2.45. The molecular formula is C36H71N2+. The van der Waals surface area contributed by atoms with E-state index in [-0.39, 0.29) is 0 Å². The van der Waals surface area contributed by atoms with Crippen LogP contribution in [0.2, 0.25) is 0 Å². The van der Waals surface area contributed by atoms with Gasteiger partial charge in [-0.3, -0.25) is 0 Å². The molecule has 0 saturated heterocycles. The number of aromatic nitrogens is 2. The fourth-order valence-corrected chi connectivity index (χ4v) is 5.90. The Hall–Kier alpha value is -0.790. The third-order valence-corrected chi connectivity index (χ3v) is 8.72. The summed E-state index contributed by atoms with van der Waals surface area (Å²) >= 11 is 0. The Labute approximate surface area is 240 Å². The molecule has 1 heterocycles. The minimum Gasteiger partial charge on any atom is -0.237 e. The van der Waals surface area contributed by atoms with Crippen molar-refractivity contribution in [2.45, 2.75) is 213 Å². The first kappa shape index (κ1) is 35.2. The molecule has 0 radical (unpaired) electrons. The molecule has 0 N–H and O–H groups in total. The van der Waals surface area contributed by atoms with Gasteiger partial charge in [0.05, 0.1) is 12.6 Å². The van der Waals surface area contributed by atoms with E-state index in [9.17, 15) is 0 Å². The highest BCUT2D eigenvalue weighted by Crippen LogP contribution is 2.17. The average molecular weight is 532 g/mol. The van der Waals surface area contributed by atoms with Gasteiger partial charge in [-0.15, -0.1) is 0 Å². The lowest BCUT2D eigenvalue weighted by Gasteiger charge is -2.08. The van der Waals surface area contributed by atoms with Crippen LogP contribution < -0.4 is 4.57 Å². The van der Waals surface area contributed by atoms with Gasteiger partial charge in [0.2, 0.25) is 6.33 Å². The molecule has 2 nitrogen and oxygen atoms in total. The number of nitrogens with zero attached hydrogens (tertiary/aromatic N) is 2. The molecule has 0 saturated carbocycles. The second-order valence-corrected chi connectivity index (χ2v) is 12.6. The van der Waals surface area contributed by atoms with Gasteiger partial charge >= 0.3 is 0 Å². The summed E-state index contributed by atoms with van der Waals surface area (Å²) in [5, 5.41) is 0. The van der Waals surface area contributed by atoms with E-state index in [0.717, 1.165) is 0 Å². The van der Waals surface area contributed by atoms with Crippen LogP contribution >= 0.6 is 0 Å². The molecule has 0 spiro atoms. The number of unbranched alkanes of at least 4 members (excludes halogenated alkanes) is 25. The highest BCUT2D eigenvalue weighted by molar-refractivity contribution is 4.72. The minimum absolute atomic E-state index is 0.639. The lowest BCUT2D eigenvalue weighted by molar-refractivity contribution is -0.697. The van der Waals surface area contributed by atoms with E-state index in [4.69, 9.17) is 0 Å². The maximum Gasteiger partial charge on any atom is 0.243 e. The van der Waals surface area contributed by atoms with Crippen molar-refractivity contribution in [3.63, 3.8) is 0 Å². The topological polar surface area (TPSA) is 8.81 Å². The van der Waals surface area contributed by atoms with Crippen molar-refractivity contribution in [2.75, 3.05) is 0 Å². The number of imidazole rings is 1. The van der Waals surface area contributed by atoms with Crippen LogP contribution in [0.5, 0.6) is 0 Å². The van der Waals surface area contributed by atoms with Gasteiger partial charge in [0.1, 0.15) is 12.4 Å². The summed E-state index contributed by atoms with van der Waals surface area (Å²) in [4.78, 5) is 0. The lowest BCUT2D eigenvalue weighted by atomic mass is 10.0. The van der Waals surface area contributed by atoms with E-state index in [1.807, 2.05) is 0 Å². The van der Waals surface area contributed by atoms with Crippen LogP contribution in [0.15, 0.2) is 18.7 Å². The molecule has 1 atom stereocenters. The quantitative estimate of drug-likeness (QED) is 0.0689. The Bertz CT molecular complexity index is 578. The zero-order valence-electron chi connectivity index (χ0n) is 26.7. The molecule has 1 aromatic rings. The van der Waals surface area contributed by atoms with Gasteiger partial charge in [-0.05, 0) is 32.6 Å². The molecule has 0 bridgehead atoms. The molecule has 1 aromatic heterocycles. The van der Waals surface area contributed by atoms with Gasteiger partial charge in [0.25, 0.3) is 0 Å². The van der Waals surface area contributed by atoms with Gasteiger partial charge < -0.3 is 0 Å². The zero-order chi connectivity index (χ0) is 27.4. The molecule has 224 valence electrons. The van der Waals surface area contributed by atoms with Crippen LogP contribution in [-0.2, 0) is 6.54 Å². The second kappa shape index (κ2) is 27.8. The fourth-order valence-electron chi connectivity index (χ4n) is 5.90. The number of hydrogen-bond acceptors (Lipinski definition) is 0. The van der Waals surface area contributed by atoms with E-state index < -0.39 is 0 Å². The molecular weight excluding hydrogens is 460 g/mol. The summed E-state index contributed by atoms with van der Waals surface area (Å²) < 4.78 is 4.87. The van der Waals surface area contributed by atoms with Gasteiger partial charge in [-0.25, -0.2) is 9.13 Å². The Balaban J connectivity index is 1.88. The van der Waals surface area contributed by atoms with Gasteiger partial charge in [-0.1, -0.05) is 168 Å². The van der Waals surface area contributed by atoms with E-state index in [0.29, 0.717) is 6.04 Å². The summed E-state index contributed by atoms with van der Waals surface area (Å²) in [6.45, 7) is 8.20. The molecule has 1 rings (SSSR count). The van der Waals surface area contributed by atoms with E-state index in [2.05, 4.69) is 48.6 Å². The second-order valence-electron chi connectivity index (χ2n) is 12.6. The Morgan fingerprint density at radius 1 is 0.474 bits per heavy atom. The SMILES string of the molecule is CCCCCCCCCCCCCCCCC(C)n1cc[n+](CCCCCCCCCCCCCCC)c1. The lowest BCUT2D eigenvalue weighted by Crippen LogP contribution is -2.31. The van der Waals surface area contributed by atoms with Crippen LogP contribution in [0.25, 0.3) is 0 Å². The highest BCUT2D eigenvalue weighted by atomic mass is 15.1. The maximum absolute atomic E-state index is 2.45. The summed E-state index contributed by atoms with van der Waals surface area (Å²) in [7, 11) is 0. The molecule has 0 aliphatic heterocycles. The van der Waals surface area contributed by atoms with Crippen molar-refractivity contribution in [2.24, 2.45) is 0 Å². The van der Waals surface area contributed by atoms with E-state index >= 15 is 0 Å². The Kier molecular flexibility index (Phi) is 25.7. The van der Waals surface area contributed by atoms with Gasteiger partial charge in [0.15, 0.2) is 0 Å². The van der Waals surface area contributed by atoms with Crippen molar-refractivity contribution in [3.05, 3.63) is 18.7 Å². The number of hydrogen-bond donors (Lipinski definition) is 0. The molecule has 0 amide bonds. The Morgan fingerprint density at radius 2 is 0.816 bits per heavy atom. The zero-order valence-corrected chi connectivity index (χ0v) is 26.7. The molecule has 38 heavy (non-hydrogen) atoms. The summed E-state index contributed by atoms with van der Waals surface area (Å²) in [6, 6.07) is 0.639. The summed E-state index contributed by atoms with van der Waals surface area (Å²) in [6.07, 6.45) is 47.1. The minimum atomic E-state index is 0.639. The molecule has 0 fully saturated rings. The molecule has 1 unspecified atom stereocenters. The largest absolute Gasteiger partial charge is 0.243 e. The predicted molar refractivity (Wildman–Crippen MR) is 170 cm³/mol. The first-order chi connectivity index (χ1) is 18.8. The standard InChI is InChI=1S/C36H71N2/c1-4-6-8-10-12-14-16-18-19-21-23-25-27-29-31-36(3)38-34-33-37(35-38)32-30-28-26-24-22-20-17-15-13-11-9-7-5-2/h33-36H,4-32H2,1-3H3/q+1. The van der Waals surface area contributed by atoms with Crippen LogP contribution in [0, 0.1) is 0 Å². The fraction of sp³-hybridized carbons (Fsp3) is 0.917. The van der Waals surface area contributed by atoms with Crippen LogP contribution in [-0.4, -0.2) is 4.57 Å². The van der Waals surface area contributed by atoms with E-state index in [1.54, 1.807) is 0 Å². The number of rotatable bonds is 30. The molecule has 0 aromatic carbocycles. The van der Waals surface area contributed by atoms with Crippen molar-refractivity contribution in [1.29, 1.82) is 0 Å². The third-order valence-electron chi connectivity index (χ3n) is 8.72. The van der Waals surface area contributed by atoms with Crippen molar-refractivity contribution in [3.8, 4) is 0 Å². The van der Waals surface area contributed by atoms with Crippen LogP contribution in [0.1, 0.15) is 207 Å². The van der Waals surface area contributed by atoms with Crippen molar-refractivity contribution < 1.29 is 4.57 Å². The van der Waals surface area contributed by atoms with Crippen molar-refractivity contribution in [1.82, 2.24) is 4.57 Å². The monoisotopic (exact) mass is 532 g/mol. The molecule has 0 aliphatic rings. The van der Waals surface area contributed by atoms with Gasteiger partial charge in [0, 0.05) is 0 Å². The normalized spacial score (nSPS) is 12.4. The van der Waals surface area contributed by atoms with Crippen LogP contribution in [0.3, 0.4) is 0 Å².